The number of hydrogen-bond acceptors (Lipinski definition) is 3. The molecule has 2 aromatic rings. The van der Waals surface area contributed by atoms with Gasteiger partial charge in [0, 0.05) is 25.3 Å². The van der Waals surface area contributed by atoms with Crippen LogP contribution in [0, 0.1) is 5.82 Å². The first-order chi connectivity index (χ1) is 8.13. The second-order valence-corrected chi connectivity index (χ2v) is 3.81. The van der Waals surface area contributed by atoms with Crippen LogP contribution in [0.3, 0.4) is 0 Å². The molecule has 0 radical (unpaired) electrons. The fourth-order valence-electron chi connectivity index (χ4n) is 1.69. The summed E-state index contributed by atoms with van der Waals surface area (Å²) in [5.74, 6) is 0.127. The Hall–Kier alpha value is -1.88. The normalized spacial score (nSPS) is 10.8. The topological polar surface area (TPSA) is 53.1 Å². The fourth-order valence-corrected chi connectivity index (χ4v) is 1.69. The standard InChI is InChI=1S/C12H14FN3O/c1-16-12(14)10(6-15-16)9-4-3-8(7-17-2)5-11(9)13/h3-6H,7,14H2,1-2H3. The highest BCUT2D eigenvalue weighted by atomic mass is 19.1. The van der Waals surface area contributed by atoms with E-state index >= 15 is 0 Å². The van der Waals surface area contributed by atoms with Gasteiger partial charge in [0.15, 0.2) is 0 Å². The van der Waals surface area contributed by atoms with Crippen molar-refractivity contribution in [1.29, 1.82) is 0 Å². The molecule has 90 valence electrons. The molecule has 0 saturated carbocycles. The maximum absolute atomic E-state index is 13.9. The molecule has 0 unspecified atom stereocenters. The van der Waals surface area contributed by atoms with Crippen molar-refractivity contribution in [2.75, 3.05) is 12.8 Å². The molecule has 2 rings (SSSR count). The zero-order chi connectivity index (χ0) is 12.4. The highest BCUT2D eigenvalue weighted by molar-refractivity contribution is 5.74. The second kappa shape index (κ2) is 4.55. The van der Waals surface area contributed by atoms with Crippen molar-refractivity contribution in [1.82, 2.24) is 9.78 Å². The molecule has 0 atom stereocenters. The van der Waals surface area contributed by atoms with Crippen LogP contribution >= 0.6 is 0 Å². The quantitative estimate of drug-likeness (QED) is 0.884. The van der Waals surface area contributed by atoms with Gasteiger partial charge in [-0.05, 0) is 11.6 Å². The number of nitrogens with two attached hydrogens (primary N) is 1. The van der Waals surface area contributed by atoms with Gasteiger partial charge in [-0.15, -0.1) is 0 Å². The highest BCUT2D eigenvalue weighted by Crippen LogP contribution is 2.28. The van der Waals surface area contributed by atoms with Crippen LogP contribution in [0.15, 0.2) is 24.4 Å². The molecule has 1 aromatic carbocycles. The molecule has 5 heteroatoms. The first-order valence-electron chi connectivity index (χ1n) is 5.18. The predicted octanol–water partition coefficient (Wildman–Crippen LogP) is 1.95. The molecule has 0 spiro atoms. The van der Waals surface area contributed by atoms with E-state index in [-0.39, 0.29) is 5.82 Å². The van der Waals surface area contributed by atoms with Gasteiger partial charge in [-0.2, -0.15) is 5.10 Å². The van der Waals surface area contributed by atoms with Gasteiger partial charge < -0.3 is 10.5 Å². The van der Waals surface area contributed by atoms with E-state index < -0.39 is 0 Å². The summed E-state index contributed by atoms with van der Waals surface area (Å²) in [6, 6.07) is 4.96. The number of rotatable bonds is 3. The Morgan fingerprint density at radius 2 is 2.18 bits per heavy atom. The monoisotopic (exact) mass is 235 g/mol. The number of nitrogen functional groups attached to an aromatic ring is 1. The van der Waals surface area contributed by atoms with Crippen molar-refractivity contribution in [3.05, 3.63) is 35.8 Å². The molecule has 0 saturated heterocycles. The summed E-state index contributed by atoms with van der Waals surface area (Å²) in [5, 5.41) is 3.99. The molecular formula is C12H14FN3O. The van der Waals surface area contributed by atoms with Gasteiger partial charge in [0.25, 0.3) is 0 Å². The van der Waals surface area contributed by atoms with Crippen molar-refractivity contribution in [3.63, 3.8) is 0 Å². The van der Waals surface area contributed by atoms with Gasteiger partial charge in [-0.3, -0.25) is 4.68 Å². The maximum atomic E-state index is 13.9. The first-order valence-corrected chi connectivity index (χ1v) is 5.18. The van der Waals surface area contributed by atoms with Crippen LogP contribution < -0.4 is 5.73 Å². The van der Waals surface area contributed by atoms with Gasteiger partial charge in [-0.25, -0.2) is 4.39 Å². The average Bonchev–Trinajstić information content (AvgIpc) is 2.61. The van der Waals surface area contributed by atoms with E-state index in [1.165, 1.54) is 10.7 Å². The number of ether oxygens (including phenoxy) is 1. The number of hydrogen-bond donors (Lipinski definition) is 1. The summed E-state index contributed by atoms with van der Waals surface area (Å²) in [5.41, 5.74) is 7.66. The Morgan fingerprint density at radius 1 is 1.41 bits per heavy atom. The molecular weight excluding hydrogens is 221 g/mol. The summed E-state index contributed by atoms with van der Waals surface area (Å²) in [4.78, 5) is 0. The number of benzene rings is 1. The van der Waals surface area contributed by atoms with Crippen LogP contribution in [-0.4, -0.2) is 16.9 Å². The molecule has 0 amide bonds. The molecule has 0 fully saturated rings. The lowest BCUT2D eigenvalue weighted by Crippen LogP contribution is -1.99. The minimum Gasteiger partial charge on any atom is -0.383 e. The zero-order valence-electron chi connectivity index (χ0n) is 9.77. The summed E-state index contributed by atoms with van der Waals surface area (Å²) >= 11 is 0. The largest absolute Gasteiger partial charge is 0.383 e. The second-order valence-electron chi connectivity index (χ2n) is 3.81. The summed E-state index contributed by atoms with van der Waals surface area (Å²) in [7, 11) is 3.29. The lowest BCUT2D eigenvalue weighted by Gasteiger charge is -2.05. The minimum absolute atomic E-state index is 0.320. The third-order valence-electron chi connectivity index (χ3n) is 2.62. The van der Waals surface area contributed by atoms with Crippen molar-refractivity contribution in [2.24, 2.45) is 7.05 Å². The Bertz CT molecular complexity index is 537. The van der Waals surface area contributed by atoms with E-state index in [0.29, 0.717) is 23.6 Å². The fraction of sp³-hybridized carbons (Fsp3) is 0.250. The maximum Gasteiger partial charge on any atom is 0.131 e. The zero-order valence-corrected chi connectivity index (χ0v) is 9.77. The number of methoxy groups -OCH3 is 1. The number of aromatic nitrogens is 2. The molecule has 17 heavy (non-hydrogen) atoms. The van der Waals surface area contributed by atoms with E-state index in [2.05, 4.69) is 5.10 Å². The van der Waals surface area contributed by atoms with E-state index in [1.54, 1.807) is 26.4 Å². The van der Waals surface area contributed by atoms with E-state index in [0.717, 1.165) is 5.56 Å². The number of aryl methyl sites for hydroxylation is 1. The third kappa shape index (κ3) is 2.14. The summed E-state index contributed by atoms with van der Waals surface area (Å²) in [6.07, 6.45) is 1.56. The number of anilines is 1. The van der Waals surface area contributed by atoms with Crippen molar-refractivity contribution in [2.45, 2.75) is 6.61 Å². The molecule has 0 bridgehead atoms. The van der Waals surface area contributed by atoms with Crippen molar-refractivity contribution in [3.8, 4) is 11.1 Å². The summed E-state index contributed by atoms with van der Waals surface area (Å²) in [6.45, 7) is 0.389. The van der Waals surface area contributed by atoms with Gasteiger partial charge in [-0.1, -0.05) is 12.1 Å². The molecule has 2 N–H and O–H groups in total. The lowest BCUT2D eigenvalue weighted by molar-refractivity contribution is 0.184. The van der Waals surface area contributed by atoms with Crippen LogP contribution in [0.25, 0.3) is 11.1 Å². The molecule has 0 aliphatic rings. The molecule has 1 heterocycles. The first kappa shape index (κ1) is 11.6. The smallest absolute Gasteiger partial charge is 0.131 e. The predicted molar refractivity (Wildman–Crippen MR) is 63.7 cm³/mol. The Kier molecular flexibility index (Phi) is 3.10. The van der Waals surface area contributed by atoms with Gasteiger partial charge in [0.05, 0.1) is 12.8 Å². The Labute approximate surface area is 98.8 Å². The Morgan fingerprint density at radius 3 is 2.71 bits per heavy atom. The molecule has 0 aliphatic heterocycles. The van der Waals surface area contributed by atoms with Gasteiger partial charge in [0.1, 0.15) is 11.6 Å². The van der Waals surface area contributed by atoms with Crippen molar-refractivity contribution >= 4 is 5.82 Å². The van der Waals surface area contributed by atoms with Crippen molar-refractivity contribution < 1.29 is 9.13 Å². The molecule has 4 nitrogen and oxygen atoms in total. The molecule has 0 aliphatic carbocycles. The molecule has 1 aromatic heterocycles. The van der Waals surface area contributed by atoms with E-state index in [9.17, 15) is 4.39 Å². The van der Waals surface area contributed by atoms with Crippen LogP contribution in [0.4, 0.5) is 10.2 Å². The number of halogens is 1. The Balaban J connectivity index is 2.43. The SMILES string of the molecule is COCc1ccc(-c2cnn(C)c2N)c(F)c1. The van der Waals surface area contributed by atoms with Gasteiger partial charge in [0.2, 0.25) is 0 Å². The summed E-state index contributed by atoms with van der Waals surface area (Å²) < 4.78 is 20.4. The lowest BCUT2D eigenvalue weighted by atomic mass is 10.1. The van der Waals surface area contributed by atoms with Crippen LogP contribution in [0.2, 0.25) is 0 Å². The minimum atomic E-state index is -0.320. The number of nitrogens with zero attached hydrogens (tertiary/aromatic N) is 2. The average molecular weight is 235 g/mol. The third-order valence-corrected chi connectivity index (χ3v) is 2.62. The van der Waals surface area contributed by atoms with Gasteiger partial charge >= 0.3 is 0 Å². The van der Waals surface area contributed by atoms with Crippen LogP contribution in [0.1, 0.15) is 5.56 Å². The van der Waals surface area contributed by atoms with Crippen LogP contribution in [0.5, 0.6) is 0 Å². The van der Waals surface area contributed by atoms with E-state index in [4.69, 9.17) is 10.5 Å². The highest BCUT2D eigenvalue weighted by Gasteiger charge is 2.12. The van der Waals surface area contributed by atoms with Crippen LogP contribution in [-0.2, 0) is 18.4 Å². The van der Waals surface area contributed by atoms with E-state index in [1.807, 2.05) is 6.07 Å².